The first-order chi connectivity index (χ1) is 15.4. The fourth-order valence-corrected chi connectivity index (χ4v) is 3.41. The van der Waals surface area contributed by atoms with Crippen molar-refractivity contribution in [2.75, 3.05) is 13.2 Å². The first-order valence-electron chi connectivity index (χ1n) is 10.1. The van der Waals surface area contributed by atoms with Gasteiger partial charge in [-0.1, -0.05) is 24.3 Å². The molecule has 0 saturated heterocycles. The van der Waals surface area contributed by atoms with Crippen LogP contribution in [0.15, 0.2) is 54.6 Å². The Bertz CT molecular complexity index is 1160. The van der Waals surface area contributed by atoms with Crippen LogP contribution in [0.3, 0.4) is 0 Å². The smallest absolute Gasteiger partial charge is 0.344 e. The van der Waals surface area contributed by atoms with E-state index in [-0.39, 0.29) is 17.3 Å². The molecule has 0 bridgehead atoms. The predicted octanol–water partition coefficient (Wildman–Crippen LogP) is 4.16. The van der Waals surface area contributed by atoms with Gasteiger partial charge >= 0.3 is 5.97 Å². The zero-order valence-electron chi connectivity index (χ0n) is 17.9. The molecular weight excluding hydrogens is 411 g/mol. The highest BCUT2D eigenvalue weighted by Crippen LogP contribution is 2.18. The lowest BCUT2D eigenvalue weighted by molar-refractivity contribution is -0.144. The Morgan fingerprint density at radius 3 is 2.50 bits per heavy atom. The second-order valence-corrected chi connectivity index (χ2v) is 7.29. The van der Waals surface area contributed by atoms with E-state index in [4.69, 9.17) is 14.7 Å². The van der Waals surface area contributed by atoms with Gasteiger partial charge in [0, 0.05) is 23.5 Å². The molecule has 7 heteroatoms. The molecule has 6 nitrogen and oxygen atoms in total. The molecule has 164 valence electrons. The zero-order chi connectivity index (χ0) is 23.1. The van der Waals surface area contributed by atoms with Gasteiger partial charge in [0.25, 0.3) is 0 Å². The summed E-state index contributed by atoms with van der Waals surface area (Å²) in [6.07, 6.45) is 0.695. The standard InChI is InChI=1S/C25H23FN2O4/c1-17-13-22(18(2)28(17)12-11-19-7-9-21(26)10-8-19)23(29)15-32-25(30)16-31-24-6-4-3-5-20(24)14-27/h3-10,13H,11-12,15-16H2,1-2H3. The number of benzene rings is 2. The third kappa shape index (κ3) is 5.61. The van der Waals surface area contributed by atoms with E-state index in [0.29, 0.717) is 24.1 Å². The van der Waals surface area contributed by atoms with Crippen LogP contribution in [0, 0.1) is 31.0 Å². The lowest BCUT2D eigenvalue weighted by Crippen LogP contribution is -2.20. The van der Waals surface area contributed by atoms with Crippen LogP contribution in [0.1, 0.15) is 32.9 Å². The second-order valence-electron chi connectivity index (χ2n) is 7.29. The number of hydrogen-bond acceptors (Lipinski definition) is 5. The number of aromatic nitrogens is 1. The summed E-state index contributed by atoms with van der Waals surface area (Å²) in [7, 11) is 0. The molecule has 0 saturated carbocycles. The summed E-state index contributed by atoms with van der Waals surface area (Å²) in [6, 6.07) is 16.6. The van der Waals surface area contributed by atoms with Crippen molar-refractivity contribution in [2.24, 2.45) is 0 Å². The molecular formula is C25H23FN2O4. The van der Waals surface area contributed by atoms with Crippen LogP contribution in [0.2, 0.25) is 0 Å². The highest BCUT2D eigenvalue weighted by molar-refractivity contribution is 5.99. The number of halogens is 1. The van der Waals surface area contributed by atoms with Crippen LogP contribution >= 0.6 is 0 Å². The van der Waals surface area contributed by atoms with Gasteiger partial charge in [-0.25, -0.2) is 9.18 Å². The van der Waals surface area contributed by atoms with Crippen LogP contribution in [0.25, 0.3) is 0 Å². The Labute approximate surface area is 185 Å². The molecule has 0 atom stereocenters. The number of nitriles is 1. The van der Waals surface area contributed by atoms with Crippen molar-refractivity contribution >= 4 is 11.8 Å². The van der Waals surface area contributed by atoms with E-state index in [9.17, 15) is 14.0 Å². The number of para-hydroxylation sites is 1. The highest BCUT2D eigenvalue weighted by atomic mass is 19.1. The van der Waals surface area contributed by atoms with Gasteiger partial charge in [0.1, 0.15) is 17.6 Å². The monoisotopic (exact) mass is 434 g/mol. The van der Waals surface area contributed by atoms with E-state index in [1.54, 1.807) is 42.5 Å². The first-order valence-corrected chi connectivity index (χ1v) is 10.1. The third-order valence-electron chi connectivity index (χ3n) is 5.13. The summed E-state index contributed by atoms with van der Waals surface area (Å²) in [6.45, 7) is 3.59. The molecule has 0 fully saturated rings. The van der Waals surface area contributed by atoms with Crippen molar-refractivity contribution in [1.29, 1.82) is 5.26 Å². The van der Waals surface area contributed by atoms with Gasteiger partial charge in [0.15, 0.2) is 13.2 Å². The van der Waals surface area contributed by atoms with Gasteiger partial charge in [-0.2, -0.15) is 5.26 Å². The Kier molecular flexibility index (Phi) is 7.40. The molecule has 32 heavy (non-hydrogen) atoms. The number of hydrogen-bond donors (Lipinski definition) is 0. The lowest BCUT2D eigenvalue weighted by Gasteiger charge is -2.10. The molecule has 1 aromatic heterocycles. The first kappa shape index (κ1) is 22.8. The number of carbonyl (C=O) groups is 2. The fourth-order valence-electron chi connectivity index (χ4n) is 3.41. The van der Waals surface area contributed by atoms with E-state index >= 15 is 0 Å². The van der Waals surface area contributed by atoms with Gasteiger partial charge < -0.3 is 14.0 Å². The van der Waals surface area contributed by atoms with Crippen molar-refractivity contribution < 1.29 is 23.5 Å². The molecule has 1 heterocycles. The maximum atomic E-state index is 13.1. The normalized spacial score (nSPS) is 10.4. The van der Waals surface area contributed by atoms with Crippen molar-refractivity contribution in [3.8, 4) is 11.8 Å². The number of ketones is 1. The van der Waals surface area contributed by atoms with Gasteiger partial charge in [-0.3, -0.25) is 4.79 Å². The maximum absolute atomic E-state index is 13.1. The predicted molar refractivity (Wildman–Crippen MR) is 116 cm³/mol. The Morgan fingerprint density at radius 2 is 1.78 bits per heavy atom. The van der Waals surface area contributed by atoms with Crippen LogP contribution in [-0.4, -0.2) is 29.5 Å². The van der Waals surface area contributed by atoms with Crippen LogP contribution in [0.5, 0.6) is 5.75 Å². The number of Topliss-reactive ketones (excluding diaryl/α,β-unsaturated/α-hetero) is 1. The van der Waals surface area contributed by atoms with E-state index in [2.05, 4.69) is 0 Å². The van der Waals surface area contributed by atoms with E-state index < -0.39 is 19.2 Å². The number of nitrogens with zero attached hydrogens (tertiary/aromatic N) is 2. The minimum absolute atomic E-state index is 0.274. The van der Waals surface area contributed by atoms with Crippen molar-refractivity contribution in [3.05, 3.63) is 88.5 Å². The molecule has 0 N–H and O–H groups in total. The van der Waals surface area contributed by atoms with Crippen molar-refractivity contribution in [1.82, 2.24) is 4.57 Å². The minimum Gasteiger partial charge on any atom is -0.481 e. The van der Waals surface area contributed by atoms with E-state index in [1.165, 1.54) is 12.1 Å². The van der Waals surface area contributed by atoms with Gasteiger partial charge in [0.2, 0.25) is 5.78 Å². The molecule has 0 spiro atoms. The largest absolute Gasteiger partial charge is 0.481 e. The second kappa shape index (κ2) is 10.4. The summed E-state index contributed by atoms with van der Waals surface area (Å²) in [5, 5.41) is 9.04. The number of ether oxygens (including phenoxy) is 2. The van der Waals surface area contributed by atoms with E-state index in [1.807, 2.05) is 24.5 Å². The highest BCUT2D eigenvalue weighted by Gasteiger charge is 2.18. The van der Waals surface area contributed by atoms with Crippen LogP contribution < -0.4 is 4.74 Å². The Morgan fingerprint density at radius 1 is 1.06 bits per heavy atom. The van der Waals surface area contributed by atoms with E-state index in [0.717, 1.165) is 17.0 Å². The summed E-state index contributed by atoms with van der Waals surface area (Å²) >= 11 is 0. The van der Waals surface area contributed by atoms with Gasteiger partial charge in [0.05, 0.1) is 5.56 Å². The SMILES string of the molecule is Cc1cc(C(=O)COC(=O)COc2ccccc2C#N)c(C)n1CCc1ccc(F)cc1. The van der Waals surface area contributed by atoms with Gasteiger partial charge in [-0.15, -0.1) is 0 Å². The summed E-state index contributed by atoms with van der Waals surface area (Å²) in [5.74, 6) is -1.000. The molecule has 0 amide bonds. The zero-order valence-corrected chi connectivity index (χ0v) is 17.9. The molecule has 3 rings (SSSR count). The number of esters is 1. The summed E-state index contributed by atoms with van der Waals surface area (Å²) in [4.78, 5) is 24.6. The average Bonchev–Trinajstić information content (AvgIpc) is 3.09. The number of rotatable bonds is 9. The Hall–Kier alpha value is -3.92. The fraction of sp³-hybridized carbons (Fsp3) is 0.240. The topological polar surface area (TPSA) is 81.3 Å². The number of aryl methyl sites for hydroxylation is 2. The van der Waals surface area contributed by atoms with Crippen LogP contribution in [-0.2, 0) is 22.5 Å². The maximum Gasteiger partial charge on any atom is 0.344 e. The third-order valence-corrected chi connectivity index (χ3v) is 5.13. The van der Waals surface area contributed by atoms with Crippen LogP contribution in [0.4, 0.5) is 4.39 Å². The van der Waals surface area contributed by atoms with Crippen molar-refractivity contribution in [3.63, 3.8) is 0 Å². The lowest BCUT2D eigenvalue weighted by atomic mass is 10.1. The van der Waals surface area contributed by atoms with Crippen molar-refractivity contribution in [2.45, 2.75) is 26.8 Å². The minimum atomic E-state index is -0.698. The Balaban J connectivity index is 1.54. The summed E-state index contributed by atoms with van der Waals surface area (Å²) in [5.41, 5.74) is 3.49. The average molecular weight is 434 g/mol. The van der Waals surface area contributed by atoms with Gasteiger partial charge in [-0.05, 0) is 56.2 Å². The summed E-state index contributed by atoms with van der Waals surface area (Å²) < 4.78 is 25.5. The molecule has 0 aliphatic carbocycles. The molecule has 0 aliphatic heterocycles. The number of carbonyl (C=O) groups excluding carboxylic acids is 2. The molecule has 0 aliphatic rings. The molecule has 3 aromatic rings. The molecule has 2 aromatic carbocycles. The quantitative estimate of drug-likeness (QED) is 0.373. The molecule has 0 unspecified atom stereocenters. The molecule has 0 radical (unpaired) electrons.